The molecule has 1 aliphatic heterocycles. The molecular weight excluding hydrogens is 332 g/mol. The van der Waals surface area contributed by atoms with E-state index in [1.165, 1.54) is 4.90 Å². The summed E-state index contributed by atoms with van der Waals surface area (Å²) in [7, 11) is 0. The zero-order valence-electron chi connectivity index (χ0n) is 12.5. The van der Waals surface area contributed by atoms with Crippen molar-refractivity contribution in [1.29, 1.82) is 0 Å². The zero-order valence-corrected chi connectivity index (χ0v) is 12.5. The lowest BCUT2D eigenvalue weighted by Crippen LogP contribution is -2.31. The fourth-order valence-electron chi connectivity index (χ4n) is 2.95. The fourth-order valence-corrected chi connectivity index (χ4v) is 2.95. The average molecular weight is 345 g/mol. The lowest BCUT2D eigenvalue weighted by Gasteiger charge is -2.30. The molecule has 0 amide bonds. The molecule has 1 heterocycles. The van der Waals surface area contributed by atoms with Gasteiger partial charge in [-0.1, -0.05) is 12.1 Å². The Morgan fingerprint density at radius 2 is 1.25 bits per heavy atom. The molecule has 0 saturated carbocycles. The van der Waals surface area contributed by atoms with E-state index in [0.717, 1.165) is 24.6 Å². The third-order valence-corrected chi connectivity index (χ3v) is 4.13. The van der Waals surface area contributed by atoms with E-state index in [4.69, 9.17) is 0 Å². The first kappa shape index (κ1) is 16.7. The topological polar surface area (TPSA) is 3.24 Å². The molecular formula is C17H13F6N. The highest BCUT2D eigenvalue weighted by atomic mass is 19.2. The van der Waals surface area contributed by atoms with Crippen molar-refractivity contribution < 1.29 is 26.3 Å². The van der Waals surface area contributed by atoms with E-state index in [1.807, 2.05) is 0 Å². The maximum absolute atomic E-state index is 14.4. The molecule has 24 heavy (non-hydrogen) atoms. The monoisotopic (exact) mass is 345 g/mol. The van der Waals surface area contributed by atoms with Crippen LogP contribution >= 0.6 is 0 Å². The largest absolute Gasteiger partial charge is 0.367 e. The van der Waals surface area contributed by atoms with Crippen LogP contribution in [0.15, 0.2) is 18.2 Å². The van der Waals surface area contributed by atoms with Crippen molar-refractivity contribution in [3.05, 3.63) is 53.1 Å². The summed E-state index contributed by atoms with van der Waals surface area (Å²) in [6.45, 7) is 0.529. The van der Waals surface area contributed by atoms with Crippen LogP contribution in [-0.4, -0.2) is 13.1 Å². The summed E-state index contributed by atoms with van der Waals surface area (Å²) in [5.74, 6) is -9.62. The van der Waals surface area contributed by atoms with Crippen molar-refractivity contribution in [2.75, 3.05) is 18.0 Å². The Bertz CT molecular complexity index is 754. The first-order valence-corrected chi connectivity index (χ1v) is 7.48. The second-order valence-corrected chi connectivity index (χ2v) is 5.63. The molecule has 0 radical (unpaired) electrons. The lowest BCUT2D eigenvalue weighted by molar-refractivity contribution is 0.446. The minimum Gasteiger partial charge on any atom is -0.367 e. The molecule has 1 fully saturated rings. The summed E-state index contributed by atoms with van der Waals surface area (Å²) in [4.78, 5) is 1.23. The molecule has 0 bridgehead atoms. The maximum atomic E-state index is 14.4. The van der Waals surface area contributed by atoms with E-state index < -0.39 is 51.7 Å². The lowest BCUT2D eigenvalue weighted by atomic mass is 10.0. The highest BCUT2D eigenvalue weighted by Gasteiger charge is 2.31. The van der Waals surface area contributed by atoms with Crippen LogP contribution < -0.4 is 4.90 Å². The third kappa shape index (κ3) is 2.61. The average Bonchev–Trinajstić information content (AvgIpc) is 2.58. The van der Waals surface area contributed by atoms with Crippen LogP contribution in [0, 0.1) is 34.9 Å². The molecule has 2 aromatic carbocycles. The molecule has 0 aliphatic carbocycles. The van der Waals surface area contributed by atoms with Gasteiger partial charge in [-0.15, -0.1) is 0 Å². The Balaban J connectivity index is 2.21. The molecule has 0 atom stereocenters. The third-order valence-electron chi connectivity index (χ3n) is 4.13. The molecule has 0 spiro atoms. The van der Waals surface area contributed by atoms with Gasteiger partial charge in [-0.25, -0.2) is 26.3 Å². The van der Waals surface area contributed by atoms with E-state index in [2.05, 4.69) is 0 Å². The van der Waals surface area contributed by atoms with E-state index in [-0.39, 0.29) is 13.1 Å². The van der Waals surface area contributed by atoms with Gasteiger partial charge in [0.15, 0.2) is 34.9 Å². The van der Waals surface area contributed by atoms with Crippen molar-refractivity contribution in [3.8, 4) is 11.1 Å². The number of anilines is 1. The van der Waals surface area contributed by atoms with Gasteiger partial charge >= 0.3 is 0 Å². The Hall–Kier alpha value is -2.18. The molecule has 3 rings (SSSR count). The summed E-state index contributed by atoms with van der Waals surface area (Å²) in [6.07, 6.45) is 2.14. The smallest absolute Gasteiger partial charge is 0.185 e. The fraction of sp³-hybridized carbons (Fsp3) is 0.294. The number of hydrogen-bond donors (Lipinski definition) is 0. The van der Waals surface area contributed by atoms with Crippen LogP contribution in [0.1, 0.15) is 19.3 Å². The molecule has 128 valence electrons. The van der Waals surface area contributed by atoms with Gasteiger partial charge in [0, 0.05) is 18.7 Å². The number of hydrogen-bond acceptors (Lipinski definition) is 1. The first-order chi connectivity index (χ1) is 11.4. The summed E-state index contributed by atoms with van der Waals surface area (Å²) < 4.78 is 84.5. The van der Waals surface area contributed by atoms with Crippen molar-refractivity contribution in [3.63, 3.8) is 0 Å². The molecule has 0 N–H and O–H groups in total. The van der Waals surface area contributed by atoms with Crippen molar-refractivity contribution >= 4 is 5.69 Å². The van der Waals surface area contributed by atoms with Gasteiger partial charge in [0.1, 0.15) is 5.69 Å². The van der Waals surface area contributed by atoms with Crippen LogP contribution in [0.3, 0.4) is 0 Å². The highest BCUT2D eigenvalue weighted by molar-refractivity contribution is 5.70. The van der Waals surface area contributed by atoms with E-state index in [0.29, 0.717) is 12.8 Å². The van der Waals surface area contributed by atoms with Crippen molar-refractivity contribution in [1.82, 2.24) is 0 Å². The second kappa shape index (κ2) is 6.37. The normalized spacial score (nSPS) is 15.0. The predicted octanol–water partition coefficient (Wildman–Crippen LogP) is 5.18. The molecule has 1 nitrogen and oxygen atoms in total. The van der Waals surface area contributed by atoms with Gasteiger partial charge in [0.2, 0.25) is 0 Å². The number of rotatable bonds is 2. The minimum absolute atomic E-state index is 0.264. The van der Waals surface area contributed by atoms with E-state index >= 15 is 0 Å². The van der Waals surface area contributed by atoms with Crippen LogP contribution in [0.2, 0.25) is 0 Å². The summed E-state index contributed by atoms with van der Waals surface area (Å²) in [6, 6.07) is 2.60. The molecule has 7 heteroatoms. The minimum atomic E-state index is -1.74. The van der Waals surface area contributed by atoms with Crippen LogP contribution in [0.25, 0.3) is 11.1 Å². The van der Waals surface area contributed by atoms with Crippen LogP contribution in [0.5, 0.6) is 0 Å². The maximum Gasteiger partial charge on any atom is 0.185 e. The molecule has 2 aromatic rings. The van der Waals surface area contributed by atoms with Crippen LogP contribution in [-0.2, 0) is 0 Å². The van der Waals surface area contributed by atoms with Gasteiger partial charge in [0.25, 0.3) is 0 Å². The SMILES string of the molecule is Fc1cccc(-c2c(F)c(F)c(N3CCCCC3)c(F)c2F)c1F. The molecule has 0 unspecified atom stereocenters. The number of halogens is 6. The van der Waals surface area contributed by atoms with Gasteiger partial charge in [0.05, 0.1) is 5.56 Å². The Morgan fingerprint density at radius 1 is 0.667 bits per heavy atom. The number of benzene rings is 2. The summed E-state index contributed by atoms with van der Waals surface area (Å²) >= 11 is 0. The Labute approximate surface area is 134 Å². The van der Waals surface area contributed by atoms with Crippen molar-refractivity contribution in [2.24, 2.45) is 0 Å². The van der Waals surface area contributed by atoms with Gasteiger partial charge < -0.3 is 4.90 Å². The van der Waals surface area contributed by atoms with Crippen LogP contribution in [0.4, 0.5) is 32.0 Å². The Morgan fingerprint density at radius 3 is 1.83 bits per heavy atom. The second-order valence-electron chi connectivity index (χ2n) is 5.63. The number of nitrogens with zero attached hydrogens (tertiary/aromatic N) is 1. The molecule has 1 aliphatic rings. The molecule has 1 saturated heterocycles. The quantitative estimate of drug-likeness (QED) is 0.536. The van der Waals surface area contributed by atoms with E-state index in [9.17, 15) is 26.3 Å². The number of piperidine rings is 1. The zero-order chi connectivity index (χ0) is 17.4. The van der Waals surface area contributed by atoms with Crippen molar-refractivity contribution in [2.45, 2.75) is 19.3 Å². The van der Waals surface area contributed by atoms with E-state index in [1.54, 1.807) is 0 Å². The van der Waals surface area contributed by atoms with Gasteiger partial charge in [-0.2, -0.15) is 0 Å². The first-order valence-electron chi connectivity index (χ1n) is 7.48. The Kier molecular flexibility index (Phi) is 4.43. The summed E-state index contributed by atoms with van der Waals surface area (Å²) in [5.41, 5.74) is -2.92. The molecule has 0 aromatic heterocycles. The standard InChI is InChI=1S/C17H13F6N/c18-10-6-4-5-9(12(10)19)11-13(20)15(22)17(16(23)14(11)21)24-7-2-1-3-8-24/h4-6H,1-3,7-8H2. The van der Waals surface area contributed by atoms with Gasteiger partial charge in [-0.3, -0.25) is 0 Å². The van der Waals surface area contributed by atoms with Gasteiger partial charge in [-0.05, 0) is 25.3 Å². The highest BCUT2D eigenvalue weighted by Crippen LogP contribution is 2.38. The predicted molar refractivity (Wildman–Crippen MR) is 77.7 cm³/mol. The summed E-state index contributed by atoms with van der Waals surface area (Å²) in [5, 5.41) is 0.